The molecule has 2 aliphatic rings. The SMILES string of the molecule is OC1=C2C=CCC=C2C=CC1. The lowest BCUT2D eigenvalue weighted by Gasteiger charge is -2.14. The van der Waals surface area contributed by atoms with Gasteiger partial charge in [0.05, 0.1) is 0 Å². The molecule has 11 heavy (non-hydrogen) atoms. The first-order chi connectivity index (χ1) is 5.38. The highest BCUT2D eigenvalue weighted by Gasteiger charge is 2.11. The lowest BCUT2D eigenvalue weighted by Crippen LogP contribution is -1.98. The van der Waals surface area contributed by atoms with Gasteiger partial charge in [-0.05, 0) is 12.0 Å². The number of allylic oxidation sites excluding steroid dienone is 7. The zero-order valence-corrected chi connectivity index (χ0v) is 6.25. The van der Waals surface area contributed by atoms with Crippen molar-refractivity contribution in [1.82, 2.24) is 0 Å². The Labute approximate surface area is 66.0 Å². The molecule has 1 nitrogen and oxygen atoms in total. The van der Waals surface area contributed by atoms with Crippen LogP contribution in [0.15, 0.2) is 47.3 Å². The quantitative estimate of drug-likeness (QED) is 0.557. The van der Waals surface area contributed by atoms with Crippen LogP contribution in [0.1, 0.15) is 12.8 Å². The summed E-state index contributed by atoms with van der Waals surface area (Å²) in [5.74, 6) is 0.495. The third kappa shape index (κ3) is 1.03. The number of hydrogen-bond donors (Lipinski definition) is 1. The lowest BCUT2D eigenvalue weighted by atomic mass is 9.93. The molecule has 0 heterocycles. The van der Waals surface area contributed by atoms with Gasteiger partial charge in [-0.1, -0.05) is 30.4 Å². The van der Waals surface area contributed by atoms with Gasteiger partial charge in [-0.25, -0.2) is 0 Å². The highest BCUT2D eigenvalue weighted by atomic mass is 16.3. The minimum absolute atomic E-state index is 0.495. The van der Waals surface area contributed by atoms with Crippen LogP contribution in [0.3, 0.4) is 0 Å². The summed E-state index contributed by atoms with van der Waals surface area (Å²) in [6, 6.07) is 0. The third-order valence-corrected chi connectivity index (χ3v) is 1.99. The molecule has 0 bridgehead atoms. The Hall–Kier alpha value is -1.24. The average Bonchev–Trinajstić information content (AvgIpc) is 2.06. The molecule has 0 aromatic heterocycles. The number of fused-ring (bicyclic) bond motifs is 1. The molecule has 0 saturated heterocycles. The molecule has 1 N–H and O–H groups in total. The molecule has 0 saturated carbocycles. The number of rotatable bonds is 0. The molecule has 0 atom stereocenters. The van der Waals surface area contributed by atoms with Gasteiger partial charge in [0.2, 0.25) is 0 Å². The molecule has 0 aliphatic heterocycles. The molecular weight excluding hydrogens is 136 g/mol. The van der Waals surface area contributed by atoms with Crippen LogP contribution in [0, 0.1) is 0 Å². The van der Waals surface area contributed by atoms with E-state index < -0.39 is 0 Å². The maximum atomic E-state index is 9.44. The van der Waals surface area contributed by atoms with Crippen molar-refractivity contribution in [1.29, 1.82) is 0 Å². The molecule has 1 heteroatoms. The number of hydrogen-bond acceptors (Lipinski definition) is 1. The molecule has 0 radical (unpaired) electrons. The fourth-order valence-corrected chi connectivity index (χ4v) is 1.42. The van der Waals surface area contributed by atoms with Gasteiger partial charge in [0.1, 0.15) is 5.76 Å². The standard InChI is InChI=1S/C10H10O/c11-10-7-3-5-8-4-1-2-6-9(8)10/h2-6,11H,1,7H2. The first-order valence-electron chi connectivity index (χ1n) is 3.83. The summed E-state index contributed by atoms with van der Waals surface area (Å²) in [6.45, 7) is 0. The molecule has 0 aromatic rings. The van der Waals surface area contributed by atoms with Gasteiger partial charge in [-0.3, -0.25) is 0 Å². The van der Waals surface area contributed by atoms with Crippen molar-refractivity contribution < 1.29 is 5.11 Å². The van der Waals surface area contributed by atoms with Crippen molar-refractivity contribution in [2.24, 2.45) is 0 Å². The van der Waals surface area contributed by atoms with Crippen LogP contribution in [-0.4, -0.2) is 5.11 Å². The highest BCUT2D eigenvalue weighted by molar-refractivity contribution is 5.52. The molecular formula is C10H10O. The largest absolute Gasteiger partial charge is 0.511 e. The van der Waals surface area contributed by atoms with E-state index in [0.717, 1.165) is 17.6 Å². The van der Waals surface area contributed by atoms with Crippen molar-refractivity contribution in [3.8, 4) is 0 Å². The first-order valence-corrected chi connectivity index (χ1v) is 3.83. The van der Waals surface area contributed by atoms with E-state index in [2.05, 4.69) is 18.2 Å². The summed E-state index contributed by atoms with van der Waals surface area (Å²) >= 11 is 0. The van der Waals surface area contributed by atoms with E-state index in [1.807, 2.05) is 12.2 Å². The summed E-state index contributed by atoms with van der Waals surface area (Å²) < 4.78 is 0. The van der Waals surface area contributed by atoms with Crippen molar-refractivity contribution in [2.75, 3.05) is 0 Å². The monoisotopic (exact) mass is 146 g/mol. The molecule has 2 aliphatic carbocycles. The first kappa shape index (κ1) is 6.47. The van der Waals surface area contributed by atoms with Crippen molar-refractivity contribution in [2.45, 2.75) is 12.8 Å². The van der Waals surface area contributed by atoms with Gasteiger partial charge < -0.3 is 5.11 Å². The topological polar surface area (TPSA) is 20.2 Å². The van der Waals surface area contributed by atoms with Gasteiger partial charge in [0, 0.05) is 12.0 Å². The Morgan fingerprint density at radius 2 is 2.09 bits per heavy atom. The lowest BCUT2D eigenvalue weighted by molar-refractivity contribution is 0.395. The van der Waals surface area contributed by atoms with Crippen molar-refractivity contribution in [3.63, 3.8) is 0 Å². The molecule has 0 amide bonds. The van der Waals surface area contributed by atoms with Crippen LogP contribution in [0.2, 0.25) is 0 Å². The molecule has 0 aromatic carbocycles. The summed E-state index contributed by atoms with van der Waals surface area (Å²) in [5.41, 5.74) is 2.16. The summed E-state index contributed by atoms with van der Waals surface area (Å²) in [6.07, 6.45) is 11.9. The van der Waals surface area contributed by atoms with Gasteiger partial charge in [0.25, 0.3) is 0 Å². The maximum Gasteiger partial charge on any atom is 0.104 e. The predicted molar refractivity (Wildman–Crippen MR) is 45.3 cm³/mol. The van der Waals surface area contributed by atoms with Gasteiger partial charge in [-0.15, -0.1) is 0 Å². The van der Waals surface area contributed by atoms with E-state index in [1.54, 1.807) is 0 Å². The number of aliphatic hydroxyl groups is 1. The second kappa shape index (κ2) is 2.42. The molecule has 0 spiro atoms. The van der Waals surface area contributed by atoms with E-state index in [-0.39, 0.29) is 0 Å². The Bertz CT molecular complexity index is 290. The molecule has 0 fully saturated rings. The van der Waals surface area contributed by atoms with Crippen LogP contribution in [0.5, 0.6) is 0 Å². The average molecular weight is 146 g/mol. The Morgan fingerprint density at radius 1 is 1.18 bits per heavy atom. The predicted octanol–water partition coefficient (Wildman–Crippen LogP) is 2.64. The van der Waals surface area contributed by atoms with Gasteiger partial charge >= 0.3 is 0 Å². The van der Waals surface area contributed by atoms with Crippen LogP contribution < -0.4 is 0 Å². The van der Waals surface area contributed by atoms with E-state index in [0.29, 0.717) is 12.2 Å². The minimum atomic E-state index is 0.495. The Morgan fingerprint density at radius 3 is 2.91 bits per heavy atom. The second-order valence-corrected chi connectivity index (χ2v) is 2.76. The summed E-state index contributed by atoms with van der Waals surface area (Å²) in [5, 5.41) is 9.44. The smallest absolute Gasteiger partial charge is 0.104 e. The van der Waals surface area contributed by atoms with Crippen molar-refractivity contribution >= 4 is 0 Å². The summed E-state index contributed by atoms with van der Waals surface area (Å²) in [4.78, 5) is 0. The van der Waals surface area contributed by atoms with Crippen LogP contribution in [0.25, 0.3) is 0 Å². The Kier molecular flexibility index (Phi) is 1.42. The second-order valence-electron chi connectivity index (χ2n) is 2.76. The molecule has 0 unspecified atom stereocenters. The zero-order chi connectivity index (χ0) is 7.68. The summed E-state index contributed by atoms with van der Waals surface area (Å²) in [7, 11) is 0. The highest BCUT2D eigenvalue weighted by Crippen LogP contribution is 2.26. The van der Waals surface area contributed by atoms with E-state index in [4.69, 9.17) is 0 Å². The van der Waals surface area contributed by atoms with Gasteiger partial charge in [-0.2, -0.15) is 0 Å². The fraction of sp³-hybridized carbons (Fsp3) is 0.200. The zero-order valence-electron chi connectivity index (χ0n) is 6.25. The molecule has 56 valence electrons. The molecule has 2 rings (SSSR count). The van der Waals surface area contributed by atoms with Crippen molar-refractivity contribution in [3.05, 3.63) is 47.3 Å². The fourth-order valence-electron chi connectivity index (χ4n) is 1.42. The third-order valence-electron chi connectivity index (χ3n) is 1.99. The van der Waals surface area contributed by atoms with Crippen LogP contribution in [-0.2, 0) is 0 Å². The number of aliphatic hydroxyl groups excluding tert-OH is 1. The Balaban J connectivity index is 2.46. The normalized spacial score (nSPS) is 21.6. The minimum Gasteiger partial charge on any atom is -0.511 e. The van der Waals surface area contributed by atoms with E-state index >= 15 is 0 Å². The van der Waals surface area contributed by atoms with E-state index in [9.17, 15) is 5.11 Å². The van der Waals surface area contributed by atoms with Gasteiger partial charge in [0.15, 0.2) is 0 Å². The van der Waals surface area contributed by atoms with Crippen LogP contribution in [0.4, 0.5) is 0 Å². The van der Waals surface area contributed by atoms with E-state index in [1.165, 1.54) is 0 Å². The maximum absolute atomic E-state index is 9.44. The van der Waals surface area contributed by atoms with Crippen LogP contribution >= 0.6 is 0 Å².